The maximum atomic E-state index is 13.4. The second-order valence-corrected chi connectivity index (χ2v) is 8.63. The minimum atomic E-state index is 0.0449. The number of likely N-dealkylation sites (N-methyl/N-ethyl adjacent to an activating group) is 1. The van der Waals surface area contributed by atoms with Crippen LogP contribution in [-0.4, -0.2) is 48.3 Å². The highest BCUT2D eigenvalue weighted by atomic mass is 32.1. The zero-order chi connectivity index (χ0) is 19.0. The molecule has 5 nitrogen and oxygen atoms in total. The smallest absolute Gasteiger partial charge is 0.264 e. The number of anilines is 1. The van der Waals surface area contributed by atoms with Crippen LogP contribution in [0.4, 0.5) is 5.00 Å². The molecule has 2 fully saturated rings. The fourth-order valence-electron chi connectivity index (χ4n) is 3.58. The van der Waals surface area contributed by atoms with Crippen LogP contribution in [-0.2, 0) is 4.79 Å². The number of carbonyl (C=O) groups is 2. The molecule has 0 unspecified atom stereocenters. The van der Waals surface area contributed by atoms with Gasteiger partial charge in [-0.2, -0.15) is 0 Å². The number of thiophene rings is 1. The lowest BCUT2D eigenvalue weighted by Crippen LogP contribution is -2.49. The third kappa shape index (κ3) is 3.92. The topological polar surface area (TPSA) is 52.7 Å². The Morgan fingerprint density at radius 2 is 1.89 bits per heavy atom. The summed E-state index contributed by atoms with van der Waals surface area (Å²) < 4.78 is 0. The Morgan fingerprint density at radius 1 is 1.15 bits per heavy atom. The summed E-state index contributed by atoms with van der Waals surface area (Å²) in [4.78, 5) is 30.4. The molecule has 0 radical (unpaired) electrons. The Labute approximate surface area is 164 Å². The van der Waals surface area contributed by atoms with Gasteiger partial charge in [0.2, 0.25) is 5.91 Å². The number of hydrogen-bond acceptors (Lipinski definition) is 4. The molecule has 2 heterocycles. The molecule has 142 valence electrons. The SMILES string of the molecule is Cc1cc(NC(=O)C2CC2)sc1C(=O)N1CCN(C)C[C@@H]1c1ccccc1. The molecule has 1 saturated heterocycles. The number of aryl methyl sites for hydroxylation is 1. The molecule has 2 aromatic rings. The van der Waals surface area contributed by atoms with Crippen molar-refractivity contribution in [2.75, 3.05) is 32.0 Å². The van der Waals surface area contributed by atoms with Gasteiger partial charge in [-0.25, -0.2) is 0 Å². The highest BCUT2D eigenvalue weighted by Crippen LogP contribution is 2.34. The Morgan fingerprint density at radius 3 is 2.59 bits per heavy atom. The average molecular weight is 384 g/mol. The van der Waals surface area contributed by atoms with Crippen molar-refractivity contribution in [3.05, 3.63) is 52.4 Å². The van der Waals surface area contributed by atoms with E-state index in [0.29, 0.717) is 6.54 Å². The van der Waals surface area contributed by atoms with E-state index in [9.17, 15) is 9.59 Å². The Balaban J connectivity index is 1.56. The number of hydrogen-bond donors (Lipinski definition) is 1. The second kappa shape index (κ2) is 7.44. The van der Waals surface area contributed by atoms with E-state index in [1.165, 1.54) is 11.3 Å². The fourth-order valence-corrected chi connectivity index (χ4v) is 4.61. The van der Waals surface area contributed by atoms with Crippen LogP contribution >= 0.6 is 11.3 Å². The van der Waals surface area contributed by atoms with Crippen LogP contribution in [0.1, 0.15) is 39.7 Å². The molecule has 2 aliphatic rings. The summed E-state index contributed by atoms with van der Waals surface area (Å²) in [6.07, 6.45) is 1.95. The number of carbonyl (C=O) groups excluding carboxylic acids is 2. The lowest BCUT2D eigenvalue weighted by molar-refractivity contribution is -0.117. The quantitative estimate of drug-likeness (QED) is 0.879. The predicted octanol–water partition coefficient (Wildman–Crippen LogP) is 3.53. The molecule has 1 atom stereocenters. The molecule has 4 rings (SSSR count). The summed E-state index contributed by atoms with van der Waals surface area (Å²) in [7, 11) is 2.10. The van der Waals surface area contributed by atoms with Crippen LogP contribution in [0.2, 0.25) is 0 Å². The van der Waals surface area contributed by atoms with E-state index in [-0.39, 0.29) is 23.8 Å². The van der Waals surface area contributed by atoms with E-state index in [0.717, 1.165) is 46.9 Å². The van der Waals surface area contributed by atoms with Crippen molar-refractivity contribution in [3.63, 3.8) is 0 Å². The zero-order valence-electron chi connectivity index (χ0n) is 15.8. The van der Waals surface area contributed by atoms with E-state index in [1.54, 1.807) is 0 Å². The average Bonchev–Trinajstić information content (AvgIpc) is 3.46. The lowest BCUT2D eigenvalue weighted by atomic mass is 10.0. The van der Waals surface area contributed by atoms with Gasteiger partial charge in [-0.15, -0.1) is 11.3 Å². The molecule has 1 aromatic heterocycles. The summed E-state index contributed by atoms with van der Waals surface area (Å²) in [5.74, 6) is 0.301. The van der Waals surface area contributed by atoms with Crippen molar-refractivity contribution in [3.8, 4) is 0 Å². The lowest BCUT2D eigenvalue weighted by Gasteiger charge is -2.40. The van der Waals surface area contributed by atoms with Crippen LogP contribution in [0.3, 0.4) is 0 Å². The van der Waals surface area contributed by atoms with Gasteiger partial charge in [-0.05, 0) is 44.0 Å². The van der Waals surface area contributed by atoms with Crippen molar-refractivity contribution in [2.45, 2.75) is 25.8 Å². The summed E-state index contributed by atoms with van der Waals surface area (Å²) >= 11 is 1.40. The molecule has 0 spiro atoms. The monoisotopic (exact) mass is 383 g/mol. The summed E-state index contributed by atoms with van der Waals surface area (Å²) in [6.45, 7) is 4.34. The van der Waals surface area contributed by atoms with Gasteiger partial charge in [0, 0.05) is 25.6 Å². The van der Waals surface area contributed by atoms with Crippen LogP contribution in [0.25, 0.3) is 0 Å². The van der Waals surface area contributed by atoms with Gasteiger partial charge in [0.25, 0.3) is 5.91 Å². The van der Waals surface area contributed by atoms with E-state index in [1.807, 2.05) is 36.1 Å². The molecule has 1 aliphatic carbocycles. The van der Waals surface area contributed by atoms with Crippen LogP contribution in [0.15, 0.2) is 36.4 Å². The van der Waals surface area contributed by atoms with Crippen molar-refractivity contribution < 1.29 is 9.59 Å². The van der Waals surface area contributed by atoms with Gasteiger partial charge in [0.1, 0.15) is 0 Å². The van der Waals surface area contributed by atoms with Crippen LogP contribution in [0, 0.1) is 12.8 Å². The molecule has 1 aliphatic heterocycles. The minimum Gasteiger partial charge on any atom is -0.328 e. The number of nitrogens with one attached hydrogen (secondary N) is 1. The standard InChI is InChI=1S/C21H25N3O2S/c1-14-12-18(22-20(25)16-8-9-16)27-19(14)21(26)24-11-10-23(2)13-17(24)15-6-4-3-5-7-15/h3-7,12,16-17H,8-11,13H2,1-2H3,(H,22,25)/t17-/m1/s1. The van der Waals surface area contributed by atoms with Gasteiger partial charge < -0.3 is 15.1 Å². The Hall–Kier alpha value is -2.18. The van der Waals surface area contributed by atoms with Gasteiger partial charge >= 0.3 is 0 Å². The maximum absolute atomic E-state index is 13.4. The van der Waals surface area contributed by atoms with Crippen molar-refractivity contribution in [1.29, 1.82) is 0 Å². The zero-order valence-corrected chi connectivity index (χ0v) is 16.6. The molecule has 1 N–H and O–H groups in total. The van der Waals surface area contributed by atoms with Crippen molar-refractivity contribution >= 4 is 28.2 Å². The first kappa shape index (κ1) is 18.2. The third-order valence-electron chi connectivity index (χ3n) is 5.34. The maximum Gasteiger partial charge on any atom is 0.264 e. The van der Waals surface area contributed by atoms with E-state index >= 15 is 0 Å². The van der Waals surface area contributed by atoms with E-state index in [2.05, 4.69) is 29.4 Å². The first-order valence-electron chi connectivity index (χ1n) is 9.48. The van der Waals surface area contributed by atoms with Crippen molar-refractivity contribution in [2.24, 2.45) is 5.92 Å². The normalized spacial score (nSPS) is 20.5. The summed E-state index contributed by atoms with van der Waals surface area (Å²) in [5.41, 5.74) is 2.09. The first-order chi connectivity index (χ1) is 13.0. The number of nitrogens with zero attached hydrogens (tertiary/aromatic N) is 2. The highest BCUT2D eigenvalue weighted by Gasteiger charge is 2.33. The van der Waals surface area contributed by atoms with Crippen molar-refractivity contribution in [1.82, 2.24) is 9.80 Å². The molecular weight excluding hydrogens is 358 g/mol. The first-order valence-corrected chi connectivity index (χ1v) is 10.3. The Bertz CT molecular complexity index is 844. The van der Waals surface area contributed by atoms with Crippen LogP contribution in [0.5, 0.6) is 0 Å². The number of amides is 2. The number of benzene rings is 1. The van der Waals surface area contributed by atoms with E-state index in [4.69, 9.17) is 0 Å². The minimum absolute atomic E-state index is 0.0449. The third-order valence-corrected chi connectivity index (χ3v) is 6.48. The Kier molecular flexibility index (Phi) is 5.02. The predicted molar refractivity (Wildman–Crippen MR) is 108 cm³/mol. The number of piperazine rings is 1. The molecule has 27 heavy (non-hydrogen) atoms. The second-order valence-electron chi connectivity index (χ2n) is 7.57. The molecular formula is C21H25N3O2S. The molecule has 1 saturated carbocycles. The number of rotatable bonds is 4. The highest BCUT2D eigenvalue weighted by molar-refractivity contribution is 7.18. The fraction of sp³-hybridized carbons (Fsp3) is 0.429. The largest absolute Gasteiger partial charge is 0.328 e. The van der Waals surface area contributed by atoms with Gasteiger partial charge in [-0.1, -0.05) is 30.3 Å². The summed E-state index contributed by atoms with van der Waals surface area (Å²) in [6, 6.07) is 12.2. The van der Waals surface area contributed by atoms with E-state index < -0.39 is 0 Å². The van der Waals surface area contributed by atoms with Gasteiger partial charge in [0.05, 0.1) is 15.9 Å². The molecule has 6 heteroatoms. The van der Waals surface area contributed by atoms with Gasteiger partial charge in [-0.3, -0.25) is 9.59 Å². The molecule has 2 amide bonds. The summed E-state index contributed by atoms with van der Waals surface area (Å²) in [5, 5.41) is 3.75. The van der Waals surface area contributed by atoms with Crippen LogP contribution < -0.4 is 5.32 Å². The molecule has 0 bridgehead atoms. The van der Waals surface area contributed by atoms with Gasteiger partial charge in [0.15, 0.2) is 0 Å². The molecule has 1 aromatic carbocycles.